The van der Waals surface area contributed by atoms with E-state index < -0.39 is 0 Å². The number of carbonyl (C=O) groups is 1. The molecule has 1 aromatic rings. The van der Waals surface area contributed by atoms with E-state index in [1.807, 2.05) is 12.1 Å². The van der Waals surface area contributed by atoms with E-state index in [0.717, 1.165) is 18.5 Å². The lowest BCUT2D eigenvalue weighted by Crippen LogP contribution is -2.17. The second-order valence-corrected chi connectivity index (χ2v) is 5.06. The van der Waals surface area contributed by atoms with Gasteiger partial charge in [0, 0.05) is 10.7 Å². The summed E-state index contributed by atoms with van der Waals surface area (Å²) in [7, 11) is 0. The van der Waals surface area contributed by atoms with Gasteiger partial charge < -0.3 is 10.1 Å². The van der Waals surface area contributed by atoms with E-state index in [0.29, 0.717) is 17.5 Å². The zero-order chi connectivity index (χ0) is 13.4. The first-order valence-electron chi connectivity index (χ1n) is 6.23. The molecule has 0 saturated heterocycles. The molecule has 0 fully saturated rings. The maximum atomic E-state index is 11.4. The fraction of sp³-hybridized carbons (Fsp3) is 0.500. The Labute approximate surface area is 113 Å². The topological polar surface area (TPSA) is 38.3 Å². The number of hydrogen-bond acceptors (Lipinski definition) is 3. The molecule has 0 atom stereocenters. The van der Waals surface area contributed by atoms with Crippen LogP contribution in [0.3, 0.4) is 0 Å². The smallest absolute Gasteiger partial charge is 0.325 e. The van der Waals surface area contributed by atoms with Crippen LogP contribution in [0.25, 0.3) is 0 Å². The molecule has 0 aliphatic rings. The van der Waals surface area contributed by atoms with Crippen molar-refractivity contribution >= 4 is 23.3 Å². The second-order valence-electron chi connectivity index (χ2n) is 4.62. The lowest BCUT2D eigenvalue weighted by atomic mass is 10.1. The number of carbonyl (C=O) groups excluding carboxylic acids is 1. The molecule has 0 spiro atoms. The highest BCUT2D eigenvalue weighted by atomic mass is 35.5. The van der Waals surface area contributed by atoms with E-state index in [-0.39, 0.29) is 12.5 Å². The van der Waals surface area contributed by atoms with Crippen LogP contribution in [0.15, 0.2) is 24.3 Å². The molecular weight excluding hydrogens is 250 g/mol. The van der Waals surface area contributed by atoms with Gasteiger partial charge in [-0.2, -0.15) is 0 Å². The average Bonchev–Trinajstić information content (AvgIpc) is 2.32. The molecule has 1 rings (SSSR count). The zero-order valence-corrected chi connectivity index (χ0v) is 11.7. The summed E-state index contributed by atoms with van der Waals surface area (Å²) in [5, 5.41) is 3.62. The maximum Gasteiger partial charge on any atom is 0.325 e. The van der Waals surface area contributed by atoms with Gasteiger partial charge in [-0.1, -0.05) is 31.5 Å². The summed E-state index contributed by atoms with van der Waals surface area (Å²) in [6.45, 7) is 4.97. The van der Waals surface area contributed by atoms with Gasteiger partial charge in [-0.15, -0.1) is 0 Å². The van der Waals surface area contributed by atoms with Crippen molar-refractivity contribution in [3.8, 4) is 0 Å². The monoisotopic (exact) mass is 269 g/mol. The van der Waals surface area contributed by atoms with Gasteiger partial charge in [0.2, 0.25) is 0 Å². The molecule has 4 heteroatoms. The van der Waals surface area contributed by atoms with E-state index in [2.05, 4.69) is 19.2 Å². The van der Waals surface area contributed by atoms with Crippen LogP contribution < -0.4 is 5.32 Å². The lowest BCUT2D eigenvalue weighted by molar-refractivity contribution is -0.141. The van der Waals surface area contributed by atoms with Crippen molar-refractivity contribution in [2.45, 2.75) is 26.7 Å². The fourth-order valence-electron chi connectivity index (χ4n) is 1.50. The van der Waals surface area contributed by atoms with Crippen molar-refractivity contribution in [3.63, 3.8) is 0 Å². The molecular formula is C14H20ClNO2. The summed E-state index contributed by atoms with van der Waals surface area (Å²) in [5.41, 5.74) is 0.821. The van der Waals surface area contributed by atoms with Crippen LogP contribution in [-0.2, 0) is 9.53 Å². The number of nitrogens with one attached hydrogen (secondary N) is 1. The Hall–Kier alpha value is -1.22. The number of halogens is 1. The van der Waals surface area contributed by atoms with Gasteiger partial charge in [0.15, 0.2) is 0 Å². The Morgan fingerprint density at radius 2 is 2.22 bits per heavy atom. The summed E-state index contributed by atoms with van der Waals surface area (Å²) in [6.07, 6.45) is 2.00. The van der Waals surface area contributed by atoms with Gasteiger partial charge in [-0.25, -0.2) is 0 Å². The summed E-state index contributed by atoms with van der Waals surface area (Å²) in [6, 6.07) is 7.25. The number of ether oxygens (including phenoxy) is 1. The third-order valence-electron chi connectivity index (χ3n) is 2.45. The number of esters is 1. The molecule has 3 nitrogen and oxygen atoms in total. The molecule has 0 amide bonds. The highest BCUT2D eigenvalue weighted by Crippen LogP contribution is 2.14. The summed E-state index contributed by atoms with van der Waals surface area (Å²) in [4.78, 5) is 11.4. The lowest BCUT2D eigenvalue weighted by Gasteiger charge is -2.08. The molecule has 0 saturated carbocycles. The minimum absolute atomic E-state index is 0.169. The van der Waals surface area contributed by atoms with E-state index in [4.69, 9.17) is 16.3 Å². The number of hydrogen-bond donors (Lipinski definition) is 1. The van der Waals surface area contributed by atoms with Crippen molar-refractivity contribution in [2.24, 2.45) is 5.92 Å². The minimum atomic E-state index is -0.237. The molecule has 0 unspecified atom stereocenters. The van der Waals surface area contributed by atoms with Crippen LogP contribution in [-0.4, -0.2) is 19.1 Å². The zero-order valence-electron chi connectivity index (χ0n) is 10.9. The van der Waals surface area contributed by atoms with E-state index in [9.17, 15) is 4.79 Å². The average molecular weight is 270 g/mol. The first-order chi connectivity index (χ1) is 8.58. The van der Waals surface area contributed by atoms with Crippen molar-refractivity contribution in [3.05, 3.63) is 29.3 Å². The third kappa shape index (κ3) is 6.50. The quantitative estimate of drug-likeness (QED) is 0.605. The Balaban J connectivity index is 2.17. The molecule has 0 aromatic heterocycles. The van der Waals surface area contributed by atoms with Crippen molar-refractivity contribution in [1.82, 2.24) is 0 Å². The summed E-state index contributed by atoms with van der Waals surface area (Å²) < 4.78 is 5.11. The maximum absolute atomic E-state index is 11.4. The predicted molar refractivity (Wildman–Crippen MR) is 75.0 cm³/mol. The first-order valence-corrected chi connectivity index (χ1v) is 6.61. The SMILES string of the molecule is CC(C)CCCOC(=O)CNc1cccc(Cl)c1. The van der Waals surface area contributed by atoms with Crippen LogP contribution in [0.4, 0.5) is 5.69 Å². The Morgan fingerprint density at radius 3 is 2.89 bits per heavy atom. The molecule has 0 aliphatic carbocycles. The predicted octanol–water partition coefficient (Wildman–Crippen LogP) is 3.73. The number of anilines is 1. The molecule has 0 heterocycles. The fourth-order valence-corrected chi connectivity index (χ4v) is 1.69. The molecule has 100 valence electrons. The normalized spacial score (nSPS) is 10.4. The van der Waals surface area contributed by atoms with Crippen LogP contribution in [0, 0.1) is 5.92 Å². The van der Waals surface area contributed by atoms with Crippen LogP contribution in [0.2, 0.25) is 5.02 Å². The number of benzene rings is 1. The van der Waals surface area contributed by atoms with E-state index in [1.165, 1.54) is 0 Å². The van der Waals surface area contributed by atoms with Gasteiger partial charge in [0.1, 0.15) is 6.54 Å². The molecule has 1 aromatic carbocycles. The largest absolute Gasteiger partial charge is 0.464 e. The van der Waals surface area contributed by atoms with Gasteiger partial charge in [0.25, 0.3) is 0 Å². The molecule has 1 N–H and O–H groups in total. The second kappa shape index (κ2) is 7.98. The molecule has 0 radical (unpaired) electrons. The summed E-state index contributed by atoms with van der Waals surface area (Å²) >= 11 is 5.84. The molecule has 0 aliphatic heterocycles. The standard InChI is InChI=1S/C14H20ClNO2/c1-11(2)5-4-8-18-14(17)10-16-13-7-3-6-12(15)9-13/h3,6-7,9,11,16H,4-5,8,10H2,1-2H3. The number of rotatable bonds is 7. The first kappa shape index (κ1) is 14.8. The van der Waals surface area contributed by atoms with Crippen molar-refractivity contribution in [1.29, 1.82) is 0 Å². The molecule has 18 heavy (non-hydrogen) atoms. The Bertz CT molecular complexity index is 380. The van der Waals surface area contributed by atoms with Crippen molar-refractivity contribution < 1.29 is 9.53 Å². The minimum Gasteiger partial charge on any atom is -0.464 e. The Kier molecular flexibility index (Phi) is 6.58. The summed E-state index contributed by atoms with van der Waals surface area (Å²) in [5.74, 6) is 0.409. The Morgan fingerprint density at radius 1 is 1.44 bits per heavy atom. The highest BCUT2D eigenvalue weighted by Gasteiger charge is 2.03. The third-order valence-corrected chi connectivity index (χ3v) is 2.69. The van der Waals surface area contributed by atoms with Crippen LogP contribution >= 0.6 is 11.6 Å². The van der Waals surface area contributed by atoms with Gasteiger partial charge >= 0.3 is 5.97 Å². The van der Waals surface area contributed by atoms with Crippen LogP contribution in [0.1, 0.15) is 26.7 Å². The van der Waals surface area contributed by atoms with E-state index >= 15 is 0 Å². The van der Waals surface area contributed by atoms with Crippen molar-refractivity contribution in [2.75, 3.05) is 18.5 Å². The van der Waals surface area contributed by atoms with Gasteiger partial charge in [-0.3, -0.25) is 4.79 Å². The highest BCUT2D eigenvalue weighted by molar-refractivity contribution is 6.30. The van der Waals surface area contributed by atoms with Crippen LogP contribution in [0.5, 0.6) is 0 Å². The van der Waals surface area contributed by atoms with Gasteiger partial charge in [-0.05, 0) is 37.0 Å². The van der Waals surface area contributed by atoms with E-state index in [1.54, 1.807) is 12.1 Å². The van der Waals surface area contributed by atoms with Gasteiger partial charge in [0.05, 0.1) is 6.61 Å². The molecule has 0 bridgehead atoms.